The van der Waals surface area contributed by atoms with Gasteiger partial charge < -0.3 is 10.1 Å². The van der Waals surface area contributed by atoms with Crippen LogP contribution >= 0.6 is 0 Å². The minimum absolute atomic E-state index is 0.000658. The SMILES string of the molecule is CC(C)(C)C(CCO)NS(=O)(=O)c1ccc(=O)[nH]c1. The first-order valence-corrected chi connectivity index (χ1v) is 7.47. The van der Waals surface area contributed by atoms with Crippen LogP contribution in [0.4, 0.5) is 0 Å². The summed E-state index contributed by atoms with van der Waals surface area (Å²) >= 11 is 0. The molecular weight excluding hydrogens is 268 g/mol. The van der Waals surface area contributed by atoms with Crippen LogP contribution in [0.5, 0.6) is 0 Å². The van der Waals surface area contributed by atoms with Crippen LogP contribution in [0.15, 0.2) is 28.0 Å². The normalized spacial score (nSPS) is 14.3. The van der Waals surface area contributed by atoms with Crippen molar-refractivity contribution in [1.29, 1.82) is 0 Å². The molecule has 0 saturated heterocycles. The molecule has 0 spiro atoms. The molecule has 0 aliphatic rings. The van der Waals surface area contributed by atoms with Crippen molar-refractivity contribution in [3.8, 4) is 0 Å². The van der Waals surface area contributed by atoms with Gasteiger partial charge in [-0.2, -0.15) is 0 Å². The minimum atomic E-state index is -3.71. The summed E-state index contributed by atoms with van der Waals surface area (Å²) in [5.41, 5.74) is -0.681. The Hall–Kier alpha value is -1.18. The van der Waals surface area contributed by atoms with Gasteiger partial charge in [0.25, 0.3) is 0 Å². The zero-order chi connectivity index (χ0) is 14.7. The van der Waals surface area contributed by atoms with Gasteiger partial charge in [0.05, 0.1) is 4.90 Å². The molecule has 0 saturated carbocycles. The van der Waals surface area contributed by atoms with Crippen molar-refractivity contribution in [1.82, 2.24) is 9.71 Å². The van der Waals surface area contributed by atoms with E-state index >= 15 is 0 Å². The molecule has 0 radical (unpaired) electrons. The lowest BCUT2D eigenvalue weighted by molar-refractivity contribution is 0.214. The fraction of sp³-hybridized carbons (Fsp3) is 0.583. The first-order chi connectivity index (χ1) is 8.66. The summed E-state index contributed by atoms with van der Waals surface area (Å²) in [5, 5.41) is 9.02. The fourth-order valence-corrected chi connectivity index (χ4v) is 3.06. The van der Waals surface area contributed by atoms with Crippen LogP contribution in [-0.4, -0.2) is 31.2 Å². The lowest BCUT2D eigenvalue weighted by atomic mass is 9.86. The summed E-state index contributed by atoms with van der Waals surface area (Å²) in [4.78, 5) is 13.3. The number of aromatic nitrogens is 1. The summed E-state index contributed by atoms with van der Waals surface area (Å²) in [7, 11) is -3.71. The zero-order valence-electron chi connectivity index (χ0n) is 11.3. The molecule has 0 aliphatic carbocycles. The van der Waals surface area contributed by atoms with Crippen LogP contribution in [0.25, 0.3) is 0 Å². The second-order valence-corrected chi connectivity index (χ2v) is 7.15. The maximum Gasteiger partial charge on any atom is 0.247 e. The number of pyridine rings is 1. The van der Waals surface area contributed by atoms with Crippen molar-refractivity contribution in [2.45, 2.75) is 38.1 Å². The first kappa shape index (κ1) is 15.9. The predicted molar refractivity (Wildman–Crippen MR) is 72.3 cm³/mol. The third-order valence-corrected chi connectivity index (χ3v) is 4.30. The summed E-state index contributed by atoms with van der Waals surface area (Å²) < 4.78 is 26.9. The second kappa shape index (κ2) is 5.85. The molecule has 0 aliphatic heterocycles. The third-order valence-electron chi connectivity index (χ3n) is 2.83. The van der Waals surface area contributed by atoms with Gasteiger partial charge in [0.15, 0.2) is 0 Å². The monoisotopic (exact) mass is 288 g/mol. The average molecular weight is 288 g/mol. The number of hydrogen-bond acceptors (Lipinski definition) is 4. The van der Waals surface area contributed by atoms with Gasteiger partial charge in [0.1, 0.15) is 0 Å². The maximum absolute atomic E-state index is 12.2. The lowest BCUT2D eigenvalue weighted by Gasteiger charge is -2.30. The minimum Gasteiger partial charge on any atom is -0.396 e. The van der Waals surface area contributed by atoms with E-state index in [4.69, 9.17) is 5.11 Å². The van der Waals surface area contributed by atoms with Crippen molar-refractivity contribution in [3.63, 3.8) is 0 Å². The zero-order valence-corrected chi connectivity index (χ0v) is 12.1. The lowest BCUT2D eigenvalue weighted by Crippen LogP contribution is -2.44. The van der Waals surface area contributed by atoms with Crippen molar-refractivity contribution < 1.29 is 13.5 Å². The molecule has 0 amide bonds. The Balaban J connectivity index is 3.00. The van der Waals surface area contributed by atoms with Crippen LogP contribution in [0, 0.1) is 5.41 Å². The standard InChI is InChI=1S/C12H20N2O4S/c1-12(2,3)10(6-7-15)14-19(17,18)9-4-5-11(16)13-8-9/h4-5,8,10,14-15H,6-7H2,1-3H3,(H,13,16). The van der Waals surface area contributed by atoms with E-state index < -0.39 is 16.1 Å². The maximum atomic E-state index is 12.2. The van der Waals surface area contributed by atoms with E-state index in [2.05, 4.69) is 9.71 Å². The Bertz CT molecular complexity index is 552. The van der Waals surface area contributed by atoms with E-state index in [9.17, 15) is 13.2 Å². The summed E-state index contributed by atoms with van der Waals surface area (Å²) in [6.07, 6.45) is 1.48. The second-order valence-electron chi connectivity index (χ2n) is 5.44. The molecule has 1 aromatic rings. The highest BCUT2D eigenvalue weighted by Crippen LogP contribution is 2.23. The van der Waals surface area contributed by atoms with Crippen LogP contribution in [0.2, 0.25) is 0 Å². The smallest absolute Gasteiger partial charge is 0.247 e. The molecule has 7 heteroatoms. The summed E-state index contributed by atoms with van der Waals surface area (Å²) in [6, 6.07) is 2.02. The average Bonchev–Trinajstić information content (AvgIpc) is 2.27. The number of hydrogen-bond donors (Lipinski definition) is 3. The summed E-state index contributed by atoms with van der Waals surface area (Å²) in [6.45, 7) is 5.57. The van der Waals surface area contributed by atoms with Crippen molar-refractivity contribution in [2.75, 3.05) is 6.61 Å². The molecule has 0 aromatic carbocycles. The van der Waals surface area contributed by atoms with E-state index in [1.807, 2.05) is 20.8 Å². The van der Waals surface area contributed by atoms with E-state index in [0.29, 0.717) is 6.42 Å². The van der Waals surface area contributed by atoms with Crippen molar-refractivity contribution in [2.24, 2.45) is 5.41 Å². The van der Waals surface area contributed by atoms with Crippen molar-refractivity contribution >= 4 is 10.0 Å². The Kier molecular flexibility index (Phi) is 4.89. The molecule has 0 fully saturated rings. The number of aliphatic hydroxyl groups excluding tert-OH is 1. The summed E-state index contributed by atoms with van der Waals surface area (Å²) in [5.74, 6) is 0. The Morgan fingerprint density at radius 3 is 2.42 bits per heavy atom. The predicted octanol–water partition coefficient (Wildman–Crippen LogP) is 0.450. The highest BCUT2D eigenvalue weighted by molar-refractivity contribution is 7.89. The van der Waals surface area contributed by atoms with Crippen LogP contribution in [0.3, 0.4) is 0 Å². The molecule has 1 rings (SSSR count). The van der Waals surface area contributed by atoms with Crippen molar-refractivity contribution in [3.05, 3.63) is 28.7 Å². The van der Waals surface area contributed by atoms with Gasteiger partial charge in [0.2, 0.25) is 15.6 Å². The molecule has 0 bridgehead atoms. The van der Waals surface area contributed by atoms with Gasteiger partial charge in [-0.15, -0.1) is 0 Å². The number of aromatic amines is 1. The molecular formula is C12H20N2O4S. The Morgan fingerprint density at radius 2 is 2.00 bits per heavy atom. The molecule has 19 heavy (non-hydrogen) atoms. The van der Waals surface area contributed by atoms with Gasteiger partial charge in [-0.05, 0) is 17.9 Å². The number of rotatable bonds is 5. The molecule has 108 valence electrons. The molecule has 1 aromatic heterocycles. The molecule has 1 heterocycles. The fourth-order valence-electron chi connectivity index (χ4n) is 1.62. The third kappa shape index (κ3) is 4.45. The highest BCUT2D eigenvalue weighted by atomic mass is 32.2. The van der Waals surface area contributed by atoms with Crippen LogP contribution in [0.1, 0.15) is 27.2 Å². The van der Waals surface area contributed by atoms with E-state index in [0.717, 1.165) is 12.3 Å². The largest absolute Gasteiger partial charge is 0.396 e. The first-order valence-electron chi connectivity index (χ1n) is 5.99. The van der Waals surface area contributed by atoms with Gasteiger partial charge >= 0.3 is 0 Å². The van der Waals surface area contributed by atoms with Gasteiger partial charge in [-0.3, -0.25) is 4.79 Å². The quantitative estimate of drug-likeness (QED) is 0.732. The van der Waals surface area contributed by atoms with E-state index in [1.54, 1.807) is 0 Å². The molecule has 1 atom stereocenters. The van der Waals surface area contributed by atoms with Crippen LogP contribution < -0.4 is 10.3 Å². The number of nitrogens with one attached hydrogen (secondary N) is 2. The van der Waals surface area contributed by atoms with Gasteiger partial charge in [0, 0.05) is 24.9 Å². The topological polar surface area (TPSA) is 99.3 Å². The number of sulfonamides is 1. The highest BCUT2D eigenvalue weighted by Gasteiger charge is 2.29. The van der Waals surface area contributed by atoms with Gasteiger partial charge in [-0.1, -0.05) is 20.8 Å². The number of aliphatic hydroxyl groups is 1. The Labute approximate surface area is 112 Å². The van der Waals surface area contributed by atoms with Crippen LogP contribution in [-0.2, 0) is 10.0 Å². The van der Waals surface area contributed by atoms with E-state index in [1.165, 1.54) is 6.07 Å². The van der Waals surface area contributed by atoms with Gasteiger partial charge in [-0.25, -0.2) is 13.1 Å². The molecule has 1 unspecified atom stereocenters. The Morgan fingerprint density at radius 1 is 1.37 bits per heavy atom. The number of H-pyrrole nitrogens is 1. The molecule has 3 N–H and O–H groups in total. The molecule has 6 nitrogen and oxygen atoms in total. The van der Waals surface area contributed by atoms with E-state index in [-0.39, 0.29) is 22.5 Å².